The van der Waals surface area contributed by atoms with Gasteiger partial charge in [-0.1, -0.05) is 59.2 Å². The molecule has 142 valence electrons. The van der Waals surface area contributed by atoms with Crippen LogP contribution in [0.2, 0.25) is 5.02 Å². The molecule has 0 aliphatic rings. The number of fused-ring (bicyclic) bond motifs is 1. The molecule has 7 heteroatoms. The number of nitrogens with zero attached hydrogens (tertiary/aromatic N) is 2. The number of benzene rings is 2. The molecule has 0 unspecified atom stereocenters. The number of rotatable bonds is 7. The number of anilines is 2. The average Bonchev–Trinajstić information content (AvgIpc) is 3.15. The third kappa shape index (κ3) is 3.71. The normalized spacial score (nSPS) is 11.1. The van der Waals surface area contributed by atoms with Gasteiger partial charge in [0.15, 0.2) is 17.1 Å². The van der Waals surface area contributed by atoms with Crippen LogP contribution in [0.15, 0.2) is 65.3 Å². The Balaban J connectivity index is 1.66. The van der Waals surface area contributed by atoms with Crippen LogP contribution in [0.5, 0.6) is 0 Å². The molecule has 0 radical (unpaired) electrons. The van der Waals surface area contributed by atoms with E-state index in [1.54, 1.807) is 6.20 Å². The summed E-state index contributed by atoms with van der Waals surface area (Å²) in [6.07, 6.45) is 1.70. The van der Waals surface area contributed by atoms with Crippen LogP contribution in [0.4, 0.5) is 11.5 Å². The Hall–Kier alpha value is -2.93. The summed E-state index contributed by atoms with van der Waals surface area (Å²) in [5, 5.41) is 20.9. The summed E-state index contributed by atoms with van der Waals surface area (Å²) in [5.41, 5.74) is 3.35. The predicted molar refractivity (Wildman–Crippen MR) is 111 cm³/mol. The van der Waals surface area contributed by atoms with Gasteiger partial charge in [-0.25, -0.2) is 4.98 Å². The molecule has 28 heavy (non-hydrogen) atoms. The van der Waals surface area contributed by atoms with Crippen molar-refractivity contribution in [3.63, 3.8) is 0 Å². The molecule has 0 bridgehead atoms. The number of aromatic nitrogens is 2. The van der Waals surface area contributed by atoms with E-state index in [0.717, 1.165) is 22.2 Å². The lowest BCUT2D eigenvalue weighted by atomic mass is 10.1. The summed E-state index contributed by atoms with van der Waals surface area (Å²) < 4.78 is 5.46. The second-order valence-electron chi connectivity index (χ2n) is 6.22. The Bertz CT molecular complexity index is 1080. The van der Waals surface area contributed by atoms with Crippen molar-refractivity contribution in [2.45, 2.75) is 6.54 Å². The second kappa shape index (κ2) is 8.39. The molecule has 4 rings (SSSR count). The lowest BCUT2D eigenvalue weighted by Crippen LogP contribution is -2.17. The monoisotopic (exact) mass is 394 g/mol. The number of aliphatic hydroxyl groups excluding tert-OH is 1. The van der Waals surface area contributed by atoms with Crippen molar-refractivity contribution in [3.05, 3.63) is 71.6 Å². The van der Waals surface area contributed by atoms with Crippen molar-refractivity contribution in [3.8, 4) is 11.1 Å². The highest BCUT2D eigenvalue weighted by Gasteiger charge is 2.15. The van der Waals surface area contributed by atoms with E-state index in [2.05, 4.69) is 20.8 Å². The first-order valence-electron chi connectivity index (χ1n) is 8.93. The van der Waals surface area contributed by atoms with E-state index in [1.165, 1.54) is 0 Å². The lowest BCUT2D eigenvalue weighted by Gasteiger charge is -2.11. The predicted octanol–water partition coefficient (Wildman–Crippen LogP) is 4.37. The third-order valence-corrected chi connectivity index (χ3v) is 4.79. The van der Waals surface area contributed by atoms with Crippen molar-refractivity contribution in [2.24, 2.45) is 0 Å². The van der Waals surface area contributed by atoms with E-state index in [-0.39, 0.29) is 6.61 Å². The highest BCUT2D eigenvalue weighted by molar-refractivity contribution is 6.36. The molecule has 0 fully saturated rings. The fourth-order valence-corrected chi connectivity index (χ4v) is 3.30. The number of nitrogens with one attached hydrogen (secondary N) is 2. The van der Waals surface area contributed by atoms with E-state index in [0.29, 0.717) is 35.2 Å². The molecule has 4 aromatic rings. The van der Waals surface area contributed by atoms with Gasteiger partial charge in [0.2, 0.25) is 0 Å². The molecule has 0 saturated heterocycles. The molecule has 0 spiro atoms. The number of pyridine rings is 1. The van der Waals surface area contributed by atoms with Gasteiger partial charge in [0.1, 0.15) is 0 Å². The summed E-state index contributed by atoms with van der Waals surface area (Å²) in [6, 6.07) is 17.7. The van der Waals surface area contributed by atoms with Crippen molar-refractivity contribution in [1.29, 1.82) is 0 Å². The summed E-state index contributed by atoms with van der Waals surface area (Å²) in [7, 11) is 0. The number of hydrogen-bond donors (Lipinski definition) is 3. The molecule has 0 amide bonds. The molecule has 3 N–H and O–H groups in total. The van der Waals surface area contributed by atoms with Crippen molar-refractivity contribution in [1.82, 2.24) is 15.5 Å². The van der Waals surface area contributed by atoms with E-state index in [1.807, 2.05) is 54.6 Å². The Kier molecular flexibility index (Phi) is 5.53. The van der Waals surface area contributed by atoms with Crippen LogP contribution in [0.3, 0.4) is 0 Å². The van der Waals surface area contributed by atoms with E-state index in [4.69, 9.17) is 21.2 Å². The molecule has 0 aliphatic heterocycles. The summed E-state index contributed by atoms with van der Waals surface area (Å²) >= 11 is 6.67. The maximum absolute atomic E-state index is 8.91. The Labute approximate surface area is 167 Å². The van der Waals surface area contributed by atoms with Gasteiger partial charge in [0, 0.05) is 18.3 Å². The third-order valence-electron chi connectivity index (χ3n) is 4.38. The zero-order valence-corrected chi connectivity index (χ0v) is 15.8. The maximum atomic E-state index is 8.91. The fraction of sp³-hybridized carbons (Fsp3) is 0.143. The first-order valence-corrected chi connectivity index (χ1v) is 9.31. The van der Waals surface area contributed by atoms with Crippen LogP contribution in [0.25, 0.3) is 22.0 Å². The van der Waals surface area contributed by atoms with Crippen LogP contribution in [0.1, 0.15) is 5.76 Å². The van der Waals surface area contributed by atoms with Gasteiger partial charge >= 0.3 is 0 Å². The largest absolute Gasteiger partial charge is 0.395 e. The molecule has 2 aromatic heterocycles. The minimum Gasteiger partial charge on any atom is -0.395 e. The minimum atomic E-state index is 0.0662. The van der Waals surface area contributed by atoms with Gasteiger partial charge in [0.05, 0.1) is 29.2 Å². The van der Waals surface area contributed by atoms with Crippen LogP contribution in [-0.2, 0) is 6.54 Å². The standard InChI is InChI=1S/C21H19ClN4O2/c22-19-15(14-5-2-1-3-6-14)7-4-8-17(19)25-21-20-16(9-10-24-21)18(28-26-20)13-23-11-12-27/h1-10,23,27H,11-13H2,(H,24,25). The average molecular weight is 395 g/mol. The van der Waals surface area contributed by atoms with Crippen LogP contribution >= 0.6 is 11.6 Å². The summed E-state index contributed by atoms with van der Waals surface area (Å²) in [5.74, 6) is 1.26. The summed E-state index contributed by atoms with van der Waals surface area (Å²) in [4.78, 5) is 4.40. The molecule has 0 saturated carbocycles. The van der Waals surface area contributed by atoms with Gasteiger partial charge in [-0.2, -0.15) is 0 Å². The van der Waals surface area contributed by atoms with Gasteiger partial charge in [0.25, 0.3) is 0 Å². The molecule has 0 atom stereocenters. The fourth-order valence-electron chi connectivity index (χ4n) is 3.02. The number of halogens is 1. The van der Waals surface area contributed by atoms with Crippen molar-refractivity contribution < 1.29 is 9.63 Å². The highest BCUT2D eigenvalue weighted by Crippen LogP contribution is 2.36. The number of aliphatic hydroxyl groups is 1. The van der Waals surface area contributed by atoms with E-state index < -0.39 is 0 Å². The zero-order valence-electron chi connectivity index (χ0n) is 15.0. The van der Waals surface area contributed by atoms with E-state index >= 15 is 0 Å². The van der Waals surface area contributed by atoms with Gasteiger partial charge in [-0.05, 0) is 17.7 Å². The lowest BCUT2D eigenvalue weighted by molar-refractivity contribution is 0.287. The zero-order chi connectivity index (χ0) is 19.3. The second-order valence-corrected chi connectivity index (χ2v) is 6.60. The van der Waals surface area contributed by atoms with E-state index in [9.17, 15) is 0 Å². The highest BCUT2D eigenvalue weighted by atomic mass is 35.5. The molecule has 2 heterocycles. The molecule has 2 aromatic carbocycles. The Morgan fingerprint density at radius 1 is 1.04 bits per heavy atom. The van der Waals surface area contributed by atoms with Crippen LogP contribution in [0, 0.1) is 0 Å². The first kappa shape index (κ1) is 18.4. The molecular weight excluding hydrogens is 376 g/mol. The topological polar surface area (TPSA) is 83.2 Å². The quantitative estimate of drug-likeness (QED) is 0.404. The van der Waals surface area contributed by atoms with Gasteiger partial charge < -0.3 is 20.3 Å². The Morgan fingerprint density at radius 2 is 1.89 bits per heavy atom. The van der Waals surface area contributed by atoms with Crippen LogP contribution < -0.4 is 10.6 Å². The molecular formula is C21H19ClN4O2. The minimum absolute atomic E-state index is 0.0662. The number of hydrogen-bond acceptors (Lipinski definition) is 6. The molecule has 6 nitrogen and oxygen atoms in total. The van der Waals surface area contributed by atoms with Crippen LogP contribution in [-0.4, -0.2) is 28.4 Å². The first-order chi connectivity index (χ1) is 13.8. The van der Waals surface area contributed by atoms with Crippen molar-refractivity contribution >= 4 is 34.0 Å². The van der Waals surface area contributed by atoms with Gasteiger partial charge in [-0.15, -0.1) is 0 Å². The Morgan fingerprint density at radius 3 is 2.71 bits per heavy atom. The smallest absolute Gasteiger partial charge is 0.160 e. The summed E-state index contributed by atoms with van der Waals surface area (Å²) in [6.45, 7) is 1.03. The molecule has 0 aliphatic carbocycles. The SMILES string of the molecule is OCCNCc1onc2c(Nc3cccc(-c4ccccc4)c3Cl)nccc12. The van der Waals surface area contributed by atoms with Gasteiger partial charge in [-0.3, -0.25) is 0 Å². The maximum Gasteiger partial charge on any atom is 0.160 e. The van der Waals surface area contributed by atoms with Crippen molar-refractivity contribution in [2.75, 3.05) is 18.5 Å².